The molecule has 1 amide bonds. The van der Waals surface area contributed by atoms with Crippen molar-refractivity contribution in [3.8, 4) is 0 Å². The zero-order valence-corrected chi connectivity index (χ0v) is 14.3. The highest BCUT2D eigenvalue weighted by Gasteiger charge is 2.20. The molecule has 0 fully saturated rings. The van der Waals surface area contributed by atoms with Crippen molar-refractivity contribution in [1.82, 2.24) is 30.3 Å². The van der Waals surface area contributed by atoms with Gasteiger partial charge in [-0.05, 0) is 27.7 Å². The third kappa shape index (κ3) is 3.98. The standard InChI is InChI=1S/C15H22N6O3/c1-8(21-10(3)14(11(4)22)9(2)20-21)7-13(23)16-6-5-12-17-15(24)19-18-12/h8H,5-7H2,1-4H3,(H,16,23)(H2,17,18,19,24). The summed E-state index contributed by atoms with van der Waals surface area (Å²) in [5.74, 6) is 0.344. The van der Waals surface area contributed by atoms with Crippen molar-refractivity contribution < 1.29 is 9.59 Å². The smallest absolute Gasteiger partial charge is 0.340 e. The molecule has 2 aromatic heterocycles. The summed E-state index contributed by atoms with van der Waals surface area (Å²) in [4.78, 5) is 37.1. The van der Waals surface area contributed by atoms with Gasteiger partial charge in [0.05, 0.1) is 17.3 Å². The molecule has 2 rings (SSSR count). The Morgan fingerprint density at radius 3 is 2.58 bits per heavy atom. The Morgan fingerprint density at radius 1 is 1.33 bits per heavy atom. The molecule has 0 spiro atoms. The molecule has 2 heterocycles. The molecule has 9 heteroatoms. The van der Waals surface area contributed by atoms with Gasteiger partial charge in [-0.25, -0.2) is 9.89 Å². The van der Waals surface area contributed by atoms with E-state index in [1.807, 2.05) is 13.8 Å². The van der Waals surface area contributed by atoms with Crippen molar-refractivity contribution in [3.05, 3.63) is 33.3 Å². The average Bonchev–Trinajstić information content (AvgIpc) is 3.02. The molecule has 0 radical (unpaired) electrons. The lowest BCUT2D eigenvalue weighted by Gasteiger charge is -2.14. The van der Waals surface area contributed by atoms with Crippen LogP contribution in [0.15, 0.2) is 4.79 Å². The molecule has 0 aliphatic carbocycles. The number of aromatic amines is 2. The molecule has 1 atom stereocenters. The lowest BCUT2D eigenvalue weighted by atomic mass is 10.1. The number of ketones is 1. The highest BCUT2D eigenvalue weighted by molar-refractivity contribution is 5.96. The van der Waals surface area contributed by atoms with E-state index in [-0.39, 0.29) is 29.8 Å². The van der Waals surface area contributed by atoms with Crippen LogP contribution < -0.4 is 11.0 Å². The molecule has 1 unspecified atom stereocenters. The summed E-state index contributed by atoms with van der Waals surface area (Å²) in [7, 11) is 0. The highest BCUT2D eigenvalue weighted by Crippen LogP contribution is 2.19. The van der Waals surface area contributed by atoms with E-state index in [0.29, 0.717) is 30.0 Å². The van der Waals surface area contributed by atoms with Crippen LogP contribution >= 0.6 is 0 Å². The second kappa shape index (κ2) is 7.24. The van der Waals surface area contributed by atoms with Gasteiger partial charge in [0.2, 0.25) is 5.91 Å². The average molecular weight is 334 g/mol. The maximum atomic E-state index is 12.0. The Balaban J connectivity index is 1.90. The van der Waals surface area contributed by atoms with Crippen LogP contribution in [0, 0.1) is 13.8 Å². The van der Waals surface area contributed by atoms with Crippen LogP contribution in [0.2, 0.25) is 0 Å². The second-order valence-corrected chi connectivity index (χ2v) is 5.82. The Hall–Kier alpha value is -2.71. The largest absolute Gasteiger partial charge is 0.356 e. The number of hydrogen-bond donors (Lipinski definition) is 3. The topological polar surface area (TPSA) is 126 Å². The quantitative estimate of drug-likeness (QED) is 0.633. The van der Waals surface area contributed by atoms with Crippen LogP contribution in [0.4, 0.5) is 0 Å². The fourth-order valence-corrected chi connectivity index (χ4v) is 2.77. The van der Waals surface area contributed by atoms with E-state index >= 15 is 0 Å². The van der Waals surface area contributed by atoms with Gasteiger partial charge in [-0.2, -0.15) is 10.2 Å². The van der Waals surface area contributed by atoms with Crippen LogP contribution in [0.5, 0.6) is 0 Å². The van der Waals surface area contributed by atoms with Gasteiger partial charge in [0.25, 0.3) is 0 Å². The van der Waals surface area contributed by atoms with E-state index in [1.54, 1.807) is 11.6 Å². The van der Waals surface area contributed by atoms with Crippen molar-refractivity contribution in [1.29, 1.82) is 0 Å². The summed E-state index contributed by atoms with van der Waals surface area (Å²) >= 11 is 0. The highest BCUT2D eigenvalue weighted by atomic mass is 16.2. The third-order valence-corrected chi connectivity index (χ3v) is 3.81. The first-order valence-electron chi connectivity index (χ1n) is 7.76. The lowest BCUT2D eigenvalue weighted by molar-refractivity contribution is -0.121. The fourth-order valence-electron chi connectivity index (χ4n) is 2.77. The van der Waals surface area contributed by atoms with Crippen molar-refractivity contribution in [2.75, 3.05) is 6.54 Å². The van der Waals surface area contributed by atoms with Gasteiger partial charge >= 0.3 is 5.69 Å². The minimum atomic E-state index is -0.365. The first-order chi connectivity index (χ1) is 11.3. The Morgan fingerprint density at radius 2 is 2.04 bits per heavy atom. The molecule has 0 bridgehead atoms. The molecule has 2 aromatic rings. The maximum Gasteiger partial charge on any atom is 0.340 e. The van der Waals surface area contributed by atoms with Gasteiger partial charge in [-0.15, -0.1) is 0 Å². The summed E-state index contributed by atoms with van der Waals surface area (Å²) in [6.45, 7) is 7.39. The van der Waals surface area contributed by atoms with Crippen molar-refractivity contribution in [3.63, 3.8) is 0 Å². The number of nitrogens with one attached hydrogen (secondary N) is 3. The van der Waals surface area contributed by atoms with Crippen LogP contribution in [0.3, 0.4) is 0 Å². The fraction of sp³-hybridized carbons (Fsp3) is 0.533. The molecule has 24 heavy (non-hydrogen) atoms. The molecule has 9 nitrogen and oxygen atoms in total. The molecule has 0 aliphatic heterocycles. The van der Waals surface area contributed by atoms with Crippen LogP contribution in [0.25, 0.3) is 0 Å². The number of nitrogens with zero attached hydrogens (tertiary/aromatic N) is 3. The van der Waals surface area contributed by atoms with Gasteiger partial charge in [0, 0.05) is 25.1 Å². The van der Waals surface area contributed by atoms with Crippen LogP contribution in [-0.4, -0.2) is 43.2 Å². The lowest BCUT2D eigenvalue weighted by Crippen LogP contribution is -2.28. The second-order valence-electron chi connectivity index (χ2n) is 5.82. The third-order valence-electron chi connectivity index (χ3n) is 3.81. The zero-order chi connectivity index (χ0) is 17.9. The van der Waals surface area contributed by atoms with Gasteiger partial charge in [-0.1, -0.05) is 0 Å². The summed E-state index contributed by atoms with van der Waals surface area (Å²) in [6, 6.07) is -0.165. The van der Waals surface area contributed by atoms with Gasteiger partial charge in [0.15, 0.2) is 5.78 Å². The zero-order valence-electron chi connectivity index (χ0n) is 14.3. The predicted octanol–water partition coefficient (Wildman–Crippen LogP) is 0.424. The van der Waals surface area contributed by atoms with Gasteiger partial charge in [-0.3, -0.25) is 19.3 Å². The number of amides is 1. The number of aryl methyl sites for hydroxylation is 1. The van der Waals surface area contributed by atoms with E-state index in [4.69, 9.17) is 0 Å². The van der Waals surface area contributed by atoms with E-state index in [0.717, 1.165) is 5.69 Å². The molecule has 130 valence electrons. The van der Waals surface area contributed by atoms with E-state index < -0.39 is 0 Å². The first-order valence-corrected chi connectivity index (χ1v) is 7.76. The summed E-state index contributed by atoms with van der Waals surface area (Å²) < 4.78 is 1.72. The van der Waals surface area contributed by atoms with E-state index in [9.17, 15) is 14.4 Å². The normalized spacial score (nSPS) is 12.2. The van der Waals surface area contributed by atoms with Gasteiger partial charge in [0.1, 0.15) is 5.82 Å². The Kier molecular flexibility index (Phi) is 5.32. The number of carbonyl (C=O) groups is 2. The number of Topliss-reactive ketones (excluding diaryl/α,β-unsaturated/α-hetero) is 1. The summed E-state index contributed by atoms with van der Waals surface area (Å²) in [6.07, 6.45) is 0.684. The minimum Gasteiger partial charge on any atom is -0.356 e. The molecule has 0 saturated carbocycles. The van der Waals surface area contributed by atoms with Crippen molar-refractivity contribution in [2.45, 2.75) is 46.6 Å². The SMILES string of the molecule is CC(=O)c1c(C)nn(C(C)CC(=O)NCCc2n[nH]c(=O)[nH]2)c1C. The summed E-state index contributed by atoms with van der Waals surface area (Å²) in [5, 5.41) is 13.2. The number of carbonyl (C=O) groups excluding carboxylic acids is 2. The van der Waals surface area contributed by atoms with Crippen LogP contribution in [-0.2, 0) is 11.2 Å². The molecule has 0 aromatic carbocycles. The molecule has 0 aliphatic rings. The molecular weight excluding hydrogens is 312 g/mol. The number of H-pyrrole nitrogens is 2. The Bertz CT molecular complexity index is 800. The van der Waals surface area contributed by atoms with Crippen molar-refractivity contribution >= 4 is 11.7 Å². The van der Waals surface area contributed by atoms with Gasteiger partial charge < -0.3 is 5.32 Å². The number of hydrogen-bond acceptors (Lipinski definition) is 5. The monoisotopic (exact) mass is 334 g/mol. The first kappa shape index (κ1) is 17.6. The minimum absolute atomic E-state index is 0.0269. The Labute approximate surface area is 138 Å². The van der Waals surface area contributed by atoms with Crippen LogP contribution in [0.1, 0.15) is 53.9 Å². The molecule has 0 saturated heterocycles. The summed E-state index contributed by atoms with van der Waals surface area (Å²) in [5.41, 5.74) is 1.70. The maximum absolute atomic E-state index is 12.0. The molecule has 3 N–H and O–H groups in total. The van der Waals surface area contributed by atoms with Crippen molar-refractivity contribution in [2.24, 2.45) is 0 Å². The van der Waals surface area contributed by atoms with E-state index in [2.05, 4.69) is 25.6 Å². The predicted molar refractivity (Wildman–Crippen MR) is 87.0 cm³/mol. The number of rotatable bonds is 7. The number of aromatic nitrogens is 5. The van der Waals surface area contributed by atoms with E-state index in [1.165, 1.54) is 6.92 Å². The molecular formula is C15H22N6O3.